The zero-order chi connectivity index (χ0) is 20.1. The molecule has 28 heavy (non-hydrogen) atoms. The van der Waals surface area contributed by atoms with E-state index in [4.69, 9.17) is 9.47 Å². The SMILES string of the molecule is C=C(C)CN1CCN(C[C@@H](CC(=O)Nc2ccc3c(c2)OCO3)C(=O)O)CC1. The number of hydrogen-bond donors (Lipinski definition) is 2. The minimum absolute atomic E-state index is 0.0737. The second-order valence-electron chi connectivity index (χ2n) is 7.39. The molecular formula is C20H27N3O5. The normalized spacial score (nSPS) is 17.9. The van der Waals surface area contributed by atoms with Gasteiger partial charge in [0.15, 0.2) is 11.5 Å². The van der Waals surface area contributed by atoms with Crippen LogP contribution >= 0.6 is 0 Å². The summed E-state index contributed by atoms with van der Waals surface area (Å²) in [5.41, 5.74) is 1.68. The quantitative estimate of drug-likeness (QED) is 0.653. The number of carbonyl (C=O) groups is 2. The Bertz CT molecular complexity index is 743. The Morgan fingerprint density at radius 1 is 1.18 bits per heavy atom. The number of anilines is 1. The smallest absolute Gasteiger partial charge is 0.308 e. The fourth-order valence-corrected chi connectivity index (χ4v) is 3.46. The monoisotopic (exact) mass is 389 g/mol. The van der Waals surface area contributed by atoms with Gasteiger partial charge in [-0.3, -0.25) is 19.4 Å². The van der Waals surface area contributed by atoms with Gasteiger partial charge in [0, 0.05) is 57.4 Å². The van der Waals surface area contributed by atoms with E-state index in [2.05, 4.69) is 21.7 Å². The van der Waals surface area contributed by atoms with Crippen LogP contribution in [0.25, 0.3) is 0 Å². The van der Waals surface area contributed by atoms with Gasteiger partial charge in [-0.1, -0.05) is 12.2 Å². The maximum Gasteiger partial charge on any atom is 0.308 e. The van der Waals surface area contributed by atoms with Gasteiger partial charge >= 0.3 is 5.97 Å². The molecular weight excluding hydrogens is 362 g/mol. The molecule has 1 atom stereocenters. The minimum Gasteiger partial charge on any atom is -0.481 e. The van der Waals surface area contributed by atoms with Gasteiger partial charge in [-0.15, -0.1) is 0 Å². The molecule has 1 aromatic rings. The highest BCUT2D eigenvalue weighted by molar-refractivity contribution is 5.93. The molecule has 1 fully saturated rings. The first-order valence-electron chi connectivity index (χ1n) is 9.42. The van der Waals surface area contributed by atoms with Crippen LogP contribution in [0.15, 0.2) is 30.4 Å². The van der Waals surface area contributed by atoms with E-state index in [-0.39, 0.29) is 19.1 Å². The van der Waals surface area contributed by atoms with Crippen LogP contribution in [0.5, 0.6) is 11.5 Å². The molecule has 2 aliphatic heterocycles. The number of nitrogens with zero attached hydrogens (tertiary/aromatic N) is 2. The summed E-state index contributed by atoms with van der Waals surface area (Å²) in [6.07, 6.45) is -0.0737. The van der Waals surface area contributed by atoms with Crippen LogP contribution < -0.4 is 14.8 Å². The first kappa shape index (κ1) is 20.2. The third-order valence-corrected chi connectivity index (χ3v) is 4.87. The number of amides is 1. The van der Waals surface area contributed by atoms with Crippen molar-refractivity contribution >= 4 is 17.6 Å². The standard InChI is InChI=1S/C20H27N3O5/c1-14(2)11-22-5-7-23(8-6-22)12-15(20(25)26)9-19(24)21-16-3-4-17-18(10-16)28-13-27-17/h3-4,10,15H,1,5-9,11-13H2,2H3,(H,21,24)(H,25,26)/t15-/m1/s1. The number of carboxylic acid groups (broad SMARTS) is 1. The van der Waals surface area contributed by atoms with Crippen LogP contribution in [0.4, 0.5) is 5.69 Å². The summed E-state index contributed by atoms with van der Waals surface area (Å²) >= 11 is 0. The predicted molar refractivity (Wildman–Crippen MR) is 105 cm³/mol. The molecule has 152 valence electrons. The third kappa shape index (κ3) is 5.46. The maximum atomic E-state index is 12.4. The number of fused-ring (bicyclic) bond motifs is 1. The number of carbonyl (C=O) groups excluding carboxylic acids is 1. The van der Waals surface area contributed by atoms with Crippen molar-refractivity contribution in [2.24, 2.45) is 5.92 Å². The first-order valence-corrected chi connectivity index (χ1v) is 9.42. The number of carboxylic acids is 1. The van der Waals surface area contributed by atoms with Gasteiger partial charge in [0.1, 0.15) is 0 Å². The van der Waals surface area contributed by atoms with E-state index in [1.54, 1.807) is 18.2 Å². The highest BCUT2D eigenvalue weighted by atomic mass is 16.7. The molecule has 0 unspecified atom stereocenters. The average Bonchev–Trinajstić information content (AvgIpc) is 3.10. The van der Waals surface area contributed by atoms with E-state index in [9.17, 15) is 14.7 Å². The summed E-state index contributed by atoms with van der Waals surface area (Å²) in [6.45, 7) is 10.7. The Labute approximate surface area is 164 Å². The van der Waals surface area contributed by atoms with Crippen molar-refractivity contribution in [1.29, 1.82) is 0 Å². The van der Waals surface area contributed by atoms with Crippen molar-refractivity contribution in [3.63, 3.8) is 0 Å². The second-order valence-corrected chi connectivity index (χ2v) is 7.39. The molecule has 0 bridgehead atoms. The molecule has 8 heteroatoms. The third-order valence-electron chi connectivity index (χ3n) is 4.87. The number of rotatable bonds is 8. The van der Waals surface area contributed by atoms with Crippen molar-refractivity contribution in [3.8, 4) is 11.5 Å². The van der Waals surface area contributed by atoms with Crippen LogP contribution in [-0.4, -0.2) is 72.8 Å². The number of aliphatic carboxylic acids is 1. The fourth-order valence-electron chi connectivity index (χ4n) is 3.46. The lowest BCUT2D eigenvalue weighted by molar-refractivity contribution is -0.144. The van der Waals surface area contributed by atoms with Crippen molar-refractivity contribution in [1.82, 2.24) is 9.80 Å². The highest BCUT2D eigenvalue weighted by Crippen LogP contribution is 2.34. The van der Waals surface area contributed by atoms with E-state index >= 15 is 0 Å². The summed E-state index contributed by atoms with van der Waals surface area (Å²) in [4.78, 5) is 28.4. The Morgan fingerprint density at radius 3 is 2.54 bits per heavy atom. The first-order chi connectivity index (χ1) is 13.4. The van der Waals surface area contributed by atoms with Crippen molar-refractivity contribution in [3.05, 3.63) is 30.4 Å². The largest absolute Gasteiger partial charge is 0.481 e. The van der Waals surface area contributed by atoms with Gasteiger partial charge in [0.05, 0.1) is 5.92 Å². The number of piperazine rings is 1. The van der Waals surface area contributed by atoms with Gasteiger partial charge in [0.2, 0.25) is 12.7 Å². The molecule has 0 radical (unpaired) electrons. The Hall–Kier alpha value is -2.58. The number of ether oxygens (including phenoxy) is 2. The van der Waals surface area contributed by atoms with Gasteiger partial charge in [0.25, 0.3) is 0 Å². The molecule has 1 aromatic carbocycles. The number of hydrogen-bond acceptors (Lipinski definition) is 6. The van der Waals surface area contributed by atoms with Crippen molar-refractivity contribution < 1.29 is 24.2 Å². The molecule has 1 saturated heterocycles. The summed E-state index contributed by atoms with van der Waals surface area (Å²) in [7, 11) is 0. The molecule has 0 saturated carbocycles. The second kappa shape index (κ2) is 9.07. The summed E-state index contributed by atoms with van der Waals surface area (Å²) in [5.74, 6) is -0.827. The van der Waals surface area contributed by atoms with E-state index in [1.807, 2.05) is 6.92 Å². The topological polar surface area (TPSA) is 91.3 Å². The molecule has 2 N–H and O–H groups in total. The fraction of sp³-hybridized carbons (Fsp3) is 0.500. The van der Waals surface area contributed by atoms with Gasteiger partial charge in [-0.05, 0) is 19.1 Å². The number of nitrogens with one attached hydrogen (secondary N) is 1. The summed E-state index contributed by atoms with van der Waals surface area (Å²) < 4.78 is 10.5. The van der Waals surface area contributed by atoms with Gasteiger partial charge in [-0.2, -0.15) is 0 Å². The molecule has 0 aliphatic carbocycles. The van der Waals surface area contributed by atoms with E-state index in [0.717, 1.165) is 38.3 Å². The maximum absolute atomic E-state index is 12.4. The summed E-state index contributed by atoms with van der Waals surface area (Å²) in [5, 5.41) is 12.3. The molecule has 2 aliphatic rings. The van der Waals surface area contributed by atoms with E-state index in [0.29, 0.717) is 23.7 Å². The molecule has 0 spiro atoms. The minimum atomic E-state index is -0.954. The van der Waals surface area contributed by atoms with Crippen molar-refractivity contribution in [2.45, 2.75) is 13.3 Å². The van der Waals surface area contributed by atoms with Crippen LogP contribution in [0, 0.1) is 5.92 Å². The lowest BCUT2D eigenvalue weighted by Crippen LogP contribution is -2.49. The Morgan fingerprint density at radius 2 is 1.86 bits per heavy atom. The van der Waals surface area contributed by atoms with Gasteiger partial charge < -0.3 is 19.9 Å². The zero-order valence-electron chi connectivity index (χ0n) is 16.1. The van der Waals surface area contributed by atoms with E-state index in [1.165, 1.54) is 0 Å². The lowest BCUT2D eigenvalue weighted by atomic mass is 10.0. The Kier molecular flexibility index (Phi) is 6.53. The van der Waals surface area contributed by atoms with Crippen molar-refractivity contribution in [2.75, 3.05) is 51.4 Å². The van der Waals surface area contributed by atoms with Crippen LogP contribution in [0.3, 0.4) is 0 Å². The molecule has 1 amide bonds. The van der Waals surface area contributed by atoms with Crippen LogP contribution in [0.1, 0.15) is 13.3 Å². The van der Waals surface area contributed by atoms with E-state index < -0.39 is 11.9 Å². The summed E-state index contributed by atoms with van der Waals surface area (Å²) in [6, 6.07) is 5.11. The predicted octanol–water partition coefficient (Wildman–Crippen LogP) is 1.64. The average molecular weight is 389 g/mol. The van der Waals surface area contributed by atoms with Crippen LogP contribution in [0.2, 0.25) is 0 Å². The molecule has 2 heterocycles. The Balaban J connectivity index is 1.50. The lowest BCUT2D eigenvalue weighted by Gasteiger charge is -2.35. The molecule has 0 aromatic heterocycles. The highest BCUT2D eigenvalue weighted by Gasteiger charge is 2.26. The zero-order valence-corrected chi connectivity index (χ0v) is 16.1. The molecule has 8 nitrogen and oxygen atoms in total. The number of benzene rings is 1. The molecule has 3 rings (SSSR count). The van der Waals surface area contributed by atoms with Gasteiger partial charge in [-0.25, -0.2) is 0 Å². The van der Waals surface area contributed by atoms with Crippen LogP contribution in [-0.2, 0) is 9.59 Å².